The van der Waals surface area contributed by atoms with Gasteiger partial charge in [-0.15, -0.1) is 0 Å². The molecule has 3 aromatic carbocycles. The summed E-state index contributed by atoms with van der Waals surface area (Å²) in [6, 6.07) is 20.8. The summed E-state index contributed by atoms with van der Waals surface area (Å²) in [5, 5.41) is 18.9. The molecule has 0 bridgehead atoms. The van der Waals surface area contributed by atoms with Gasteiger partial charge in [0.2, 0.25) is 5.60 Å². The molecule has 0 spiro atoms. The van der Waals surface area contributed by atoms with Crippen LogP contribution in [0.15, 0.2) is 82.1 Å². The summed E-state index contributed by atoms with van der Waals surface area (Å²) in [6.45, 7) is 1.70. The lowest BCUT2D eigenvalue weighted by Crippen LogP contribution is -2.39. The van der Waals surface area contributed by atoms with Gasteiger partial charge in [0.1, 0.15) is 0 Å². The van der Waals surface area contributed by atoms with Crippen LogP contribution >= 0.6 is 0 Å². The lowest BCUT2D eigenvalue weighted by Gasteiger charge is -2.23. The standard InChI is InChI=1S/C27H23N3O4/c1-18-24-17-21(11-14-23(24)25(31)34-29-18)28-26(32)27(33,16-15-19-7-5-4-6-8-19)20-9-12-22(13-10-20)30(2)3/h4-14,17,33H,1-3H3,(H,28,32). The molecule has 1 heterocycles. The molecule has 4 aromatic rings. The average molecular weight is 453 g/mol. The van der Waals surface area contributed by atoms with Crippen LogP contribution in [0.3, 0.4) is 0 Å². The number of aromatic nitrogens is 1. The van der Waals surface area contributed by atoms with Crippen LogP contribution in [0.2, 0.25) is 0 Å². The number of benzene rings is 3. The molecule has 0 saturated heterocycles. The van der Waals surface area contributed by atoms with Crippen LogP contribution in [0.25, 0.3) is 10.8 Å². The molecule has 0 aliphatic carbocycles. The molecule has 170 valence electrons. The van der Waals surface area contributed by atoms with E-state index in [2.05, 4.69) is 22.3 Å². The largest absolute Gasteiger partial charge is 0.378 e. The van der Waals surface area contributed by atoms with Crippen molar-refractivity contribution in [3.05, 3.63) is 100 Å². The number of nitrogens with one attached hydrogen (secondary N) is 1. The maximum absolute atomic E-state index is 13.4. The molecule has 1 unspecified atom stereocenters. The number of hydrogen-bond donors (Lipinski definition) is 2. The highest BCUT2D eigenvalue weighted by Gasteiger charge is 2.36. The third-order valence-corrected chi connectivity index (χ3v) is 5.44. The summed E-state index contributed by atoms with van der Waals surface area (Å²) >= 11 is 0. The fourth-order valence-corrected chi connectivity index (χ4v) is 3.47. The number of rotatable bonds is 4. The Morgan fingerprint density at radius 1 is 1.03 bits per heavy atom. The lowest BCUT2D eigenvalue weighted by atomic mass is 9.92. The van der Waals surface area contributed by atoms with Gasteiger partial charge in [-0.05, 0) is 55.3 Å². The van der Waals surface area contributed by atoms with E-state index < -0.39 is 17.1 Å². The van der Waals surface area contributed by atoms with Gasteiger partial charge >= 0.3 is 5.63 Å². The maximum atomic E-state index is 13.4. The van der Waals surface area contributed by atoms with Gasteiger partial charge in [0, 0.05) is 42.0 Å². The Hall–Kier alpha value is -4.41. The number of carbonyl (C=O) groups excluding carboxylic acids is 1. The minimum Gasteiger partial charge on any atom is -0.378 e. The summed E-state index contributed by atoms with van der Waals surface area (Å²) in [5.41, 5.74) is 0.111. The lowest BCUT2D eigenvalue weighted by molar-refractivity contribution is -0.129. The molecule has 2 N–H and O–H groups in total. The monoisotopic (exact) mass is 453 g/mol. The summed E-state index contributed by atoms with van der Waals surface area (Å²) in [5.74, 6) is 4.94. The quantitative estimate of drug-likeness (QED) is 0.460. The number of amides is 1. The van der Waals surface area contributed by atoms with Crippen molar-refractivity contribution in [1.29, 1.82) is 0 Å². The Bertz CT molecular complexity index is 1470. The van der Waals surface area contributed by atoms with Gasteiger partial charge in [-0.2, -0.15) is 0 Å². The highest BCUT2D eigenvalue weighted by Crippen LogP contribution is 2.26. The van der Waals surface area contributed by atoms with Crippen LogP contribution in [0, 0.1) is 18.8 Å². The Morgan fingerprint density at radius 3 is 2.41 bits per heavy atom. The normalized spacial score (nSPS) is 12.4. The number of fused-ring (bicyclic) bond motifs is 1. The zero-order valence-electron chi connectivity index (χ0n) is 19.0. The van der Waals surface area contributed by atoms with E-state index in [9.17, 15) is 14.7 Å². The van der Waals surface area contributed by atoms with E-state index in [1.165, 1.54) is 0 Å². The highest BCUT2D eigenvalue weighted by molar-refractivity contribution is 6.02. The predicted octanol–water partition coefficient (Wildman–Crippen LogP) is 3.44. The summed E-state index contributed by atoms with van der Waals surface area (Å²) in [4.78, 5) is 27.2. The van der Waals surface area contributed by atoms with Crippen molar-refractivity contribution >= 4 is 28.1 Å². The molecule has 0 radical (unpaired) electrons. The number of carbonyl (C=O) groups is 1. The third-order valence-electron chi connectivity index (χ3n) is 5.44. The molecule has 1 atom stereocenters. The zero-order valence-corrected chi connectivity index (χ0v) is 19.0. The Balaban J connectivity index is 1.74. The van der Waals surface area contributed by atoms with Gasteiger partial charge in [0.05, 0.1) is 11.1 Å². The molecule has 0 aliphatic rings. The molecule has 1 amide bonds. The van der Waals surface area contributed by atoms with Crippen LogP contribution in [-0.4, -0.2) is 30.3 Å². The summed E-state index contributed by atoms with van der Waals surface area (Å²) < 4.78 is 4.75. The van der Waals surface area contributed by atoms with Crippen LogP contribution in [0.4, 0.5) is 11.4 Å². The number of aryl methyl sites for hydroxylation is 1. The SMILES string of the molecule is Cc1noc(=O)c2ccc(NC(=O)C(O)(C#Cc3ccccc3)c3ccc(N(C)C)cc3)cc12. The van der Waals surface area contributed by atoms with E-state index >= 15 is 0 Å². The molecular weight excluding hydrogens is 430 g/mol. The predicted molar refractivity (Wildman–Crippen MR) is 132 cm³/mol. The fraction of sp³-hybridized carbons (Fsp3) is 0.148. The molecule has 0 fully saturated rings. The molecule has 4 rings (SSSR count). The first-order valence-electron chi connectivity index (χ1n) is 10.6. The van der Waals surface area contributed by atoms with Crippen molar-refractivity contribution in [2.75, 3.05) is 24.3 Å². The first kappa shape index (κ1) is 22.8. The molecule has 0 saturated carbocycles. The topological polar surface area (TPSA) is 95.7 Å². The Morgan fingerprint density at radius 2 is 1.74 bits per heavy atom. The highest BCUT2D eigenvalue weighted by atomic mass is 16.5. The van der Waals surface area contributed by atoms with Gasteiger partial charge in [0.25, 0.3) is 5.91 Å². The average Bonchev–Trinajstić information content (AvgIpc) is 2.85. The smallest absolute Gasteiger partial charge is 0.366 e. The number of nitrogens with zero attached hydrogens (tertiary/aromatic N) is 2. The van der Waals surface area contributed by atoms with E-state index in [0.29, 0.717) is 33.3 Å². The van der Waals surface area contributed by atoms with Gasteiger partial charge < -0.3 is 19.8 Å². The van der Waals surface area contributed by atoms with Gasteiger partial charge in [-0.3, -0.25) is 4.79 Å². The van der Waals surface area contributed by atoms with Crippen LogP contribution in [0.5, 0.6) is 0 Å². The minimum atomic E-state index is -2.13. The van der Waals surface area contributed by atoms with Crippen molar-refractivity contribution in [3.8, 4) is 11.8 Å². The fourth-order valence-electron chi connectivity index (χ4n) is 3.47. The molecule has 7 heteroatoms. The number of anilines is 2. The van der Waals surface area contributed by atoms with E-state index in [-0.39, 0.29) is 0 Å². The van der Waals surface area contributed by atoms with Crippen molar-refractivity contribution in [2.24, 2.45) is 0 Å². The van der Waals surface area contributed by atoms with Gasteiger partial charge in [0.15, 0.2) is 0 Å². The number of hydrogen-bond acceptors (Lipinski definition) is 6. The van der Waals surface area contributed by atoms with Gasteiger partial charge in [-0.25, -0.2) is 4.79 Å². The first-order chi connectivity index (χ1) is 16.3. The first-order valence-corrected chi connectivity index (χ1v) is 10.6. The van der Waals surface area contributed by atoms with E-state index in [4.69, 9.17) is 4.52 Å². The second-order valence-electron chi connectivity index (χ2n) is 8.04. The van der Waals surface area contributed by atoms with Crippen molar-refractivity contribution in [2.45, 2.75) is 12.5 Å². The Kier molecular flexibility index (Phi) is 6.17. The third kappa shape index (κ3) is 4.53. The van der Waals surface area contributed by atoms with E-state index in [1.54, 1.807) is 49.4 Å². The summed E-state index contributed by atoms with van der Waals surface area (Å²) in [6.07, 6.45) is 0. The van der Waals surface area contributed by atoms with Gasteiger partial charge in [-0.1, -0.05) is 41.4 Å². The van der Waals surface area contributed by atoms with Crippen LogP contribution < -0.4 is 15.8 Å². The van der Waals surface area contributed by atoms with Crippen molar-refractivity contribution in [1.82, 2.24) is 5.16 Å². The molecule has 34 heavy (non-hydrogen) atoms. The van der Waals surface area contributed by atoms with Crippen LogP contribution in [0.1, 0.15) is 16.8 Å². The molecule has 1 aromatic heterocycles. The van der Waals surface area contributed by atoms with E-state index in [0.717, 1.165) is 5.69 Å². The van der Waals surface area contributed by atoms with E-state index in [1.807, 2.05) is 49.3 Å². The zero-order chi connectivity index (χ0) is 24.3. The second kappa shape index (κ2) is 9.22. The maximum Gasteiger partial charge on any atom is 0.366 e. The second-order valence-corrected chi connectivity index (χ2v) is 8.04. The number of aliphatic hydroxyl groups is 1. The van der Waals surface area contributed by atoms with Crippen molar-refractivity contribution < 1.29 is 14.4 Å². The molecule has 7 nitrogen and oxygen atoms in total. The van der Waals surface area contributed by atoms with Crippen molar-refractivity contribution in [3.63, 3.8) is 0 Å². The van der Waals surface area contributed by atoms with Crippen LogP contribution in [-0.2, 0) is 10.4 Å². The molecular formula is C27H23N3O4. The summed E-state index contributed by atoms with van der Waals surface area (Å²) in [7, 11) is 3.81. The molecule has 0 aliphatic heterocycles. The Labute approximate surface area is 196 Å². The minimum absolute atomic E-state index is 0.332.